The van der Waals surface area contributed by atoms with Gasteiger partial charge in [0.1, 0.15) is 0 Å². The van der Waals surface area contributed by atoms with E-state index in [1.54, 1.807) is 0 Å². The van der Waals surface area contributed by atoms with Gasteiger partial charge in [0.2, 0.25) is 11.8 Å². The van der Waals surface area contributed by atoms with Crippen molar-refractivity contribution in [2.45, 2.75) is 71.1 Å². The minimum Gasteiger partial charge on any atom is -0.356 e. The van der Waals surface area contributed by atoms with Crippen LogP contribution < -0.4 is 5.32 Å². The number of carbonyl (C=O) groups is 2. The summed E-state index contributed by atoms with van der Waals surface area (Å²) in [5, 5.41) is 2.88. The van der Waals surface area contributed by atoms with Crippen molar-refractivity contribution in [1.82, 2.24) is 10.2 Å². The third kappa shape index (κ3) is 5.29. The second-order valence-electron chi connectivity index (χ2n) is 6.99. The predicted molar refractivity (Wildman–Crippen MR) is 88.4 cm³/mol. The molecule has 4 heteroatoms. The third-order valence-corrected chi connectivity index (χ3v) is 5.26. The second-order valence-corrected chi connectivity index (χ2v) is 6.99. The summed E-state index contributed by atoms with van der Waals surface area (Å²) in [5.74, 6) is 2.06. The van der Waals surface area contributed by atoms with Gasteiger partial charge in [-0.3, -0.25) is 9.59 Å². The first-order valence-electron chi connectivity index (χ1n) is 9.25. The maximum atomic E-state index is 12.3. The van der Waals surface area contributed by atoms with E-state index < -0.39 is 0 Å². The zero-order valence-electron chi connectivity index (χ0n) is 14.1. The zero-order chi connectivity index (χ0) is 15.8. The average Bonchev–Trinajstić information content (AvgIpc) is 2.56. The van der Waals surface area contributed by atoms with Gasteiger partial charge in [0.15, 0.2) is 0 Å². The van der Waals surface area contributed by atoms with Crippen LogP contribution >= 0.6 is 0 Å². The number of hydrogen-bond donors (Lipinski definition) is 1. The normalized spacial score (nSPS) is 24.7. The lowest BCUT2D eigenvalue weighted by atomic mass is 9.75. The Labute approximate surface area is 135 Å². The summed E-state index contributed by atoms with van der Waals surface area (Å²) in [6.45, 7) is 4.75. The predicted octanol–water partition coefficient (Wildman–Crippen LogP) is 3.11. The summed E-state index contributed by atoms with van der Waals surface area (Å²) in [5.41, 5.74) is 0. The Morgan fingerprint density at radius 3 is 2.55 bits per heavy atom. The monoisotopic (exact) mass is 308 g/mol. The number of rotatable bonds is 7. The van der Waals surface area contributed by atoms with Crippen LogP contribution in [0.4, 0.5) is 0 Å². The average molecular weight is 308 g/mol. The molecule has 0 spiro atoms. The molecule has 0 bridgehead atoms. The van der Waals surface area contributed by atoms with Gasteiger partial charge in [-0.2, -0.15) is 0 Å². The first kappa shape index (κ1) is 17.3. The van der Waals surface area contributed by atoms with E-state index in [9.17, 15) is 9.59 Å². The minimum atomic E-state index is 0.123. The summed E-state index contributed by atoms with van der Waals surface area (Å²) in [7, 11) is 0. The van der Waals surface area contributed by atoms with E-state index in [-0.39, 0.29) is 5.91 Å². The van der Waals surface area contributed by atoms with E-state index in [0.29, 0.717) is 18.7 Å². The Kier molecular flexibility index (Phi) is 7.20. The van der Waals surface area contributed by atoms with Gasteiger partial charge in [-0.05, 0) is 43.9 Å². The molecule has 2 atom stereocenters. The van der Waals surface area contributed by atoms with Crippen LogP contribution in [0.2, 0.25) is 0 Å². The first-order valence-corrected chi connectivity index (χ1v) is 9.25. The molecule has 2 rings (SSSR count). The Morgan fingerprint density at radius 2 is 1.77 bits per heavy atom. The summed E-state index contributed by atoms with van der Waals surface area (Å²) in [6.07, 6.45) is 10.4. The maximum absolute atomic E-state index is 12.3. The summed E-state index contributed by atoms with van der Waals surface area (Å²) in [6, 6.07) is 0. The second kappa shape index (κ2) is 9.16. The number of unbranched alkanes of at least 4 members (excludes halogenated alkanes) is 1. The van der Waals surface area contributed by atoms with Crippen molar-refractivity contribution in [3.8, 4) is 0 Å². The van der Waals surface area contributed by atoms with E-state index in [2.05, 4.69) is 17.1 Å². The molecule has 1 N–H and O–H groups in total. The van der Waals surface area contributed by atoms with Crippen LogP contribution in [0.3, 0.4) is 0 Å². The minimum absolute atomic E-state index is 0.123. The van der Waals surface area contributed by atoms with Crippen molar-refractivity contribution in [3.05, 3.63) is 0 Å². The first-order chi connectivity index (χ1) is 10.7. The highest BCUT2D eigenvalue weighted by atomic mass is 16.2. The molecule has 1 heterocycles. The van der Waals surface area contributed by atoms with E-state index in [0.717, 1.165) is 50.7 Å². The van der Waals surface area contributed by atoms with Crippen LogP contribution in [0, 0.1) is 11.8 Å². The number of carbonyl (C=O) groups excluding carboxylic acids is 2. The fourth-order valence-corrected chi connectivity index (χ4v) is 3.90. The van der Waals surface area contributed by atoms with Crippen LogP contribution in [0.15, 0.2) is 0 Å². The topological polar surface area (TPSA) is 49.4 Å². The molecule has 126 valence electrons. The third-order valence-electron chi connectivity index (χ3n) is 5.26. The van der Waals surface area contributed by atoms with Gasteiger partial charge in [-0.25, -0.2) is 0 Å². The smallest absolute Gasteiger partial charge is 0.222 e. The molecule has 1 aliphatic carbocycles. The number of nitrogens with one attached hydrogen (secondary N) is 1. The highest BCUT2D eigenvalue weighted by Gasteiger charge is 2.32. The van der Waals surface area contributed by atoms with E-state index in [4.69, 9.17) is 0 Å². The molecule has 22 heavy (non-hydrogen) atoms. The highest BCUT2D eigenvalue weighted by Crippen LogP contribution is 2.36. The lowest BCUT2D eigenvalue weighted by Crippen LogP contribution is -2.44. The lowest BCUT2D eigenvalue weighted by molar-refractivity contribution is -0.134. The van der Waals surface area contributed by atoms with Crippen LogP contribution in [-0.2, 0) is 9.59 Å². The van der Waals surface area contributed by atoms with Crippen molar-refractivity contribution in [2.24, 2.45) is 11.8 Å². The molecule has 2 aliphatic rings. The van der Waals surface area contributed by atoms with Crippen LogP contribution in [0.25, 0.3) is 0 Å². The largest absolute Gasteiger partial charge is 0.356 e. The number of likely N-dealkylation sites (tertiary alicyclic amines) is 1. The molecule has 1 saturated carbocycles. The van der Waals surface area contributed by atoms with Gasteiger partial charge >= 0.3 is 0 Å². The Hall–Kier alpha value is -1.06. The van der Waals surface area contributed by atoms with Gasteiger partial charge in [-0.15, -0.1) is 0 Å². The lowest BCUT2D eigenvalue weighted by Gasteiger charge is -2.41. The molecule has 1 aliphatic heterocycles. The van der Waals surface area contributed by atoms with E-state index in [1.807, 2.05) is 0 Å². The van der Waals surface area contributed by atoms with E-state index in [1.165, 1.54) is 32.1 Å². The Balaban J connectivity index is 1.60. The molecule has 0 aromatic heterocycles. The summed E-state index contributed by atoms with van der Waals surface area (Å²) >= 11 is 0. The number of fused-ring (bicyclic) bond motifs is 1. The molecule has 0 radical (unpaired) electrons. The maximum Gasteiger partial charge on any atom is 0.222 e. The van der Waals surface area contributed by atoms with Crippen LogP contribution in [0.5, 0.6) is 0 Å². The molecule has 4 nitrogen and oxygen atoms in total. The molecule has 2 fully saturated rings. The molecule has 2 unspecified atom stereocenters. The van der Waals surface area contributed by atoms with Gasteiger partial charge in [0.05, 0.1) is 0 Å². The fourth-order valence-electron chi connectivity index (χ4n) is 3.90. The van der Waals surface area contributed by atoms with Crippen LogP contribution in [0.1, 0.15) is 71.1 Å². The van der Waals surface area contributed by atoms with Crippen molar-refractivity contribution >= 4 is 11.8 Å². The van der Waals surface area contributed by atoms with E-state index >= 15 is 0 Å². The Bertz CT molecular complexity index is 370. The molecular weight excluding hydrogens is 276 g/mol. The number of amides is 2. The summed E-state index contributed by atoms with van der Waals surface area (Å²) in [4.78, 5) is 25.9. The Morgan fingerprint density at radius 1 is 1.05 bits per heavy atom. The number of hydrogen-bond acceptors (Lipinski definition) is 2. The summed E-state index contributed by atoms with van der Waals surface area (Å²) < 4.78 is 0. The number of nitrogens with zero attached hydrogens (tertiary/aromatic N) is 1. The van der Waals surface area contributed by atoms with Crippen molar-refractivity contribution < 1.29 is 9.59 Å². The van der Waals surface area contributed by atoms with Crippen LogP contribution in [-0.4, -0.2) is 36.3 Å². The number of piperidine rings is 1. The molecule has 0 aromatic carbocycles. The van der Waals surface area contributed by atoms with Gasteiger partial charge < -0.3 is 10.2 Å². The molecule has 2 amide bonds. The quantitative estimate of drug-likeness (QED) is 0.735. The highest BCUT2D eigenvalue weighted by molar-refractivity contribution is 5.77. The SMILES string of the molecule is CCCNC(=O)CCCCC(=O)N1CCC2CCCCC2C1. The van der Waals surface area contributed by atoms with Crippen molar-refractivity contribution in [3.63, 3.8) is 0 Å². The fraction of sp³-hybridized carbons (Fsp3) is 0.889. The van der Waals surface area contributed by atoms with Gasteiger partial charge in [0, 0.05) is 32.5 Å². The van der Waals surface area contributed by atoms with Gasteiger partial charge in [-0.1, -0.05) is 26.2 Å². The molecule has 1 saturated heterocycles. The zero-order valence-corrected chi connectivity index (χ0v) is 14.1. The van der Waals surface area contributed by atoms with Crippen molar-refractivity contribution in [2.75, 3.05) is 19.6 Å². The molecule has 0 aromatic rings. The molecular formula is C18H32N2O2. The van der Waals surface area contributed by atoms with Gasteiger partial charge in [0.25, 0.3) is 0 Å². The standard InChI is InChI=1S/C18H32N2O2/c1-2-12-19-17(21)9-5-6-10-18(22)20-13-11-15-7-3-4-8-16(15)14-20/h15-16H,2-14H2,1H3,(H,19,21). The van der Waals surface area contributed by atoms with Crippen molar-refractivity contribution in [1.29, 1.82) is 0 Å².